The van der Waals surface area contributed by atoms with Gasteiger partial charge in [-0.1, -0.05) is 26.0 Å². The number of benzene rings is 2. The van der Waals surface area contributed by atoms with Gasteiger partial charge in [0.2, 0.25) is 15.9 Å². The van der Waals surface area contributed by atoms with E-state index in [1.165, 1.54) is 12.0 Å². The highest BCUT2D eigenvalue weighted by atomic mass is 32.2. The van der Waals surface area contributed by atoms with Gasteiger partial charge in [-0.05, 0) is 36.2 Å². The Hall–Kier alpha value is -3.05. The number of piperazine rings is 1. The zero-order chi connectivity index (χ0) is 25.0. The molecule has 1 saturated heterocycles. The molecule has 2 aromatic rings. The second-order valence-electron chi connectivity index (χ2n) is 8.20. The molecule has 2 aromatic carbocycles. The number of sulfonamides is 1. The topological polar surface area (TPSA) is 96.0 Å². The molecule has 1 aliphatic heterocycles. The van der Waals surface area contributed by atoms with Crippen molar-refractivity contribution in [1.82, 2.24) is 14.5 Å². The number of amides is 2. The number of hydrogen-bond donors (Lipinski definition) is 1. The number of carbonyl (C=O) groups excluding carboxylic acids is 2. The Morgan fingerprint density at radius 3 is 2.29 bits per heavy atom. The number of methoxy groups -OCH3 is 1. The summed E-state index contributed by atoms with van der Waals surface area (Å²) < 4.78 is 59.4. The quantitative estimate of drug-likeness (QED) is 0.636. The summed E-state index contributed by atoms with van der Waals surface area (Å²) >= 11 is 0. The van der Waals surface area contributed by atoms with E-state index >= 15 is 0 Å². The van der Waals surface area contributed by atoms with Gasteiger partial charge in [0.05, 0.1) is 12.7 Å². The minimum absolute atomic E-state index is 0.0444. The van der Waals surface area contributed by atoms with Crippen molar-refractivity contribution in [2.75, 3.05) is 33.3 Å². The number of para-hydroxylation sites is 1. The molecular formula is C23H27F2N3O5S. The maximum Gasteiger partial charge on any atom is 0.255 e. The molecular weight excluding hydrogens is 468 g/mol. The summed E-state index contributed by atoms with van der Waals surface area (Å²) in [5.74, 6) is -2.59. The Labute approximate surface area is 197 Å². The average molecular weight is 496 g/mol. The maximum absolute atomic E-state index is 14.0. The van der Waals surface area contributed by atoms with Gasteiger partial charge >= 0.3 is 0 Å². The van der Waals surface area contributed by atoms with Crippen molar-refractivity contribution < 1.29 is 31.5 Å². The van der Waals surface area contributed by atoms with Crippen molar-refractivity contribution in [3.05, 3.63) is 59.7 Å². The van der Waals surface area contributed by atoms with Crippen LogP contribution in [0, 0.1) is 17.6 Å². The Morgan fingerprint density at radius 2 is 1.68 bits per heavy atom. The second kappa shape index (κ2) is 10.5. The van der Waals surface area contributed by atoms with Gasteiger partial charge < -0.3 is 15.0 Å². The average Bonchev–Trinajstić information content (AvgIpc) is 2.83. The van der Waals surface area contributed by atoms with Gasteiger partial charge in [0.15, 0.2) is 0 Å². The van der Waals surface area contributed by atoms with Crippen LogP contribution in [0.4, 0.5) is 8.78 Å². The molecule has 0 saturated carbocycles. The van der Waals surface area contributed by atoms with Crippen LogP contribution in [-0.2, 0) is 14.8 Å². The van der Waals surface area contributed by atoms with Gasteiger partial charge in [-0.2, -0.15) is 4.31 Å². The third-order valence-electron chi connectivity index (χ3n) is 5.63. The fourth-order valence-corrected chi connectivity index (χ4v) is 5.22. The molecule has 11 heteroatoms. The van der Waals surface area contributed by atoms with Crippen LogP contribution >= 0.6 is 0 Å². The van der Waals surface area contributed by atoms with E-state index in [9.17, 15) is 26.8 Å². The molecule has 1 heterocycles. The Kier molecular flexibility index (Phi) is 7.88. The predicted molar refractivity (Wildman–Crippen MR) is 121 cm³/mol. The first-order valence-electron chi connectivity index (χ1n) is 10.7. The summed E-state index contributed by atoms with van der Waals surface area (Å²) in [7, 11) is -2.82. The van der Waals surface area contributed by atoms with Crippen LogP contribution in [0.3, 0.4) is 0 Å². The molecule has 1 unspecified atom stereocenters. The monoisotopic (exact) mass is 495 g/mol. The summed E-state index contributed by atoms with van der Waals surface area (Å²) in [6.45, 7) is 3.49. The highest BCUT2D eigenvalue weighted by molar-refractivity contribution is 7.89. The fraction of sp³-hybridized carbons (Fsp3) is 0.391. The van der Waals surface area contributed by atoms with E-state index in [2.05, 4.69) is 5.32 Å². The summed E-state index contributed by atoms with van der Waals surface area (Å²) in [4.78, 5) is 26.7. The number of carbonyl (C=O) groups is 2. The van der Waals surface area contributed by atoms with Crippen LogP contribution in [0.5, 0.6) is 5.75 Å². The maximum atomic E-state index is 14.0. The molecule has 34 heavy (non-hydrogen) atoms. The van der Waals surface area contributed by atoms with E-state index in [4.69, 9.17) is 4.74 Å². The van der Waals surface area contributed by atoms with Crippen LogP contribution in [0.2, 0.25) is 0 Å². The van der Waals surface area contributed by atoms with Crippen LogP contribution in [0.25, 0.3) is 0 Å². The highest BCUT2D eigenvalue weighted by Gasteiger charge is 2.35. The van der Waals surface area contributed by atoms with Crippen LogP contribution in [-0.4, -0.2) is 68.8 Å². The number of hydrogen-bond acceptors (Lipinski definition) is 5. The molecule has 0 bridgehead atoms. The van der Waals surface area contributed by atoms with Crippen molar-refractivity contribution >= 4 is 21.8 Å². The number of nitrogens with zero attached hydrogens (tertiary/aromatic N) is 2. The largest absolute Gasteiger partial charge is 0.496 e. The lowest BCUT2D eigenvalue weighted by Gasteiger charge is -2.36. The first-order valence-corrected chi connectivity index (χ1v) is 12.2. The molecule has 0 aromatic heterocycles. The molecule has 2 amide bonds. The normalized spacial score (nSPS) is 15.8. The Bertz CT molecular complexity index is 1160. The van der Waals surface area contributed by atoms with E-state index in [1.807, 2.05) is 0 Å². The van der Waals surface area contributed by atoms with E-state index in [0.29, 0.717) is 11.8 Å². The number of rotatable bonds is 7. The van der Waals surface area contributed by atoms with E-state index < -0.39 is 38.5 Å². The standard InChI is InChI=1S/C23H27F2N3O5S/c1-15(2)21(26-22(29)17-6-4-5-7-19(17)33-3)23(30)27-10-12-28(13-11-27)34(31,32)20-14-16(24)8-9-18(20)25/h4-9,14-15,21H,10-13H2,1-3H3,(H,26,29). The van der Waals surface area contributed by atoms with Crippen molar-refractivity contribution in [2.24, 2.45) is 5.92 Å². The lowest BCUT2D eigenvalue weighted by molar-refractivity contribution is -0.135. The van der Waals surface area contributed by atoms with Crippen LogP contribution < -0.4 is 10.1 Å². The van der Waals surface area contributed by atoms with Gasteiger partial charge in [0.1, 0.15) is 28.3 Å². The molecule has 1 fully saturated rings. The lowest BCUT2D eigenvalue weighted by atomic mass is 10.0. The van der Waals surface area contributed by atoms with Gasteiger partial charge in [0, 0.05) is 26.2 Å². The molecule has 0 radical (unpaired) electrons. The van der Waals surface area contributed by atoms with Gasteiger partial charge in [0.25, 0.3) is 5.91 Å². The summed E-state index contributed by atoms with van der Waals surface area (Å²) in [6, 6.07) is 8.05. The van der Waals surface area contributed by atoms with Crippen molar-refractivity contribution in [2.45, 2.75) is 24.8 Å². The molecule has 1 aliphatic rings. The Morgan fingerprint density at radius 1 is 1.03 bits per heavy atom. The first kappa shape index (κ1) is 25.6. The smallest absolute Gasteiger partial charge is 0.255 e. The lowest BCUT2D eigenvalue weighted by Crippen LogP contribution is -2.57. The van der Waals surface area contributed by atoms with E-state index in [0.717, 1.165) is 16.4 Å². The highest BCUT2D eigenvalue weighted by Crippen LogP contribution is 2.23. The summed E-state index contributed by atoms with van der Waals surface area (Å²) in [5, 5.41) is 2.75. The van der Waals surface area contributed by atoms with Crippen molar-refractivity contribution in [1.29, 1.82) is 0 Å². The minimum Gasteiger partial charge on any atom is -0.496 e. The van der Waals surface area contributed by atoms with Crippen molar-refractivity contribution in [3.63, 3.8) is 0 Å². The fourth-order valence-electron chi connectivity index (χ4n) is 3.72. The van der Waals surface area contributed by atoms with Gasteiger partial charge in [-0.25, -0.2) is 17.2 Å². The Balaban J connectivity index is 1.70. The molecule has 3 rings (SSSR count). The molecule has 184 valence electrons. The van der Waals surface area contributed by atoms with E-state index in [-0.39, 0.29) is 43.6 Å². The zero-order valence-electron chi connectivity index (χ0n) is 19.1. The number of ether oxygens (including phenoxy) is 1. The third-order valence-corrected chi connectivity index (χ3v) is 7.55. The zero-order valence-corrected chi connectivity index (χ0v) is 19.9. The van der Waals surface area contributed by atoms with Crippen LogP contribution in [0.15, 0.2) is 47.4 Å². The van der Waals surface area contributed by atoms with Crippen LogP contribution in [0.1, 0.15) is 24.2 Å². The molecule has 1 atom stereocenters. The number of halogens is 2. The second-order valence-corrected chi connectivity index (χ2v) is 10.1. The first-order chi connectivity index (χ1) is 16.1. The molecule has 0 spiro atoms. The van der Waals surface area contributed by atoms with Gasteiger partial charge in [-0.15, -0.1) is 0 Å². The molecule has 1 N–H and O–H groups in total. The summed E-state index contributed by atoms with van der Waals surface area (Å²) in [5.41, 5.74) is 0.288. The van der Waals surface area contributed by atoms with E-state index in [1.54, 1.807) is 38.1 Å². The summed E-state index contributed by atoms with van der Waals surface area (Å²) in [6.07, 6.45) is 0. The minimum atomic E-state index is -4.27. The van der Waals surface area contributed by atoms with Crippen molar-refractivity contribution in [3.8, 4) is 5.75 Å². The van der Waals surface area contributed by atoms with Gasteiger partial charge in [-0.3, -0.25) is 9.59 Å². The molecule has 8 nitrogen and oxygen atoms in total. The molecule has 0 aliphatic carbocycles. The predicted octanol–water partition coefficient (Wildman–Crippen LogP) is 2.26. The third kappa shape index (κ3) is 5.36. The number of nitrogens with one attached hydrogen (secondary N) is 1. The SMILES string of the molecule is COc1ccccc1C(=O)NC(C(=O)N1CCN(S(=O)(=O)c2cc(F)ccc2F)CC1)C(C)C.